The quantitative estimate of drug-likeness (QED) is 0.354. The second-order valence-electron chi connectivity index (χ2n) is 6.71. The van der Waals surface area contributed by atoms with Gasteiger partial charge in [0.1, 0.15) is 0 Å². The molecule has 0 aromatic rings. The first-order valence-corrected chi connectivity index (χ1v) is 9.25. The molecule has 0 saturated heterocycles. The van der Waals surface area contributed by atoms with E-state index in [2.05, 4.69) is 0 Å². The molecule has 0 aliphatic carbocycles. The first kappa shape index (κ1) is 21.8. The number of nitrogens with two attached hydrogens (primary N) is 1. The van der Waals surface area contributed by atoms with Crippen molar-refractivity contribution < 1.29 is 14.6 Å². The number of aliphatic hydroxyl groups excluding tert-OH is 2. The lowest BCUT2D eigenvalue weighted by Crippen LogP contribution is -2.47. The number of rotatable bonds is 17. The Balaban J connectivity index is 3.14. The number of halogens is 1. The van der Waals surface area contributed by atoms with Crippen LogP contribution >= 0.6 is 0 Å². The first-order chi connectivity index (χ1) is 10.7. The van der Waals surface area contributed by atoms with Crippen molar-refractivity contribution in [3.8, 4) is 0 Å². The molecule has 0 rings (SSSR count). The van der Waals surface area contributed by atoms with Crippen LogP contribution in [-0.4, -0.2) is 35.6 Å². The highest BCUT2D eigenvalue weighted by Gasteiger charge is 2.21. The summed E-state index contributed by atoms with van der Waals surface area (Å²) in [6.45, 7) is -0.444. The fourth-order valence-corrected chi connectivity index (χ4v) is 2.72. The van der Waals surface area contributed by atoms with Crippen LogP contribution in [0.2, 0.25) is 0 Å². The van der Waals surface area contributed by atoms with Crippen LogP contribution in [0, 0.1) is 0 Å². The van der Waals surface area contributed by atoms with Crippen LogP contribution in [0.1, 0.15) is 89.9 Å². The molecule has 0 amide bonds. The predicted octanol–water partition coefficient (Wildman–Crippen LogP) is 4.10. The fraction of sp³-hybridized carbons (Fsp3) is 1.00. The Labute approximate surface area is 136 Å². The zero-order chi connectivity index (χ0) is 16.5. The Morgan fingerprint density at radius 2 is 0.909 bits per heavy atom. The van der Waals surface area contributed by atoms with Gasteiger partial charge in [-0.15, -0.1) is 0 Å². The van der Waals surface area contributed by atoms with Crippen LogP contribution in [0.4, 0.5) is 4.39 Å². The zero-order valence-electron chi connectivity index (χ0n) is 14.4. The second kappa shape index (κ2) is 15.7. The smallest absolute Gasteiger partial charge is 0.0894 e. The molecule has 0 spiro atoms. The molecule has 0 bridgehead atoms. The molecular formula is C18H38FNO2. The maximum atomic E-state index is 11.9. The van der Waals surface area contributed by atoms with Crippen LogP contribution in [0.5, 0.6) is 0 Å². The van der Waals surface area contributed by atoms with Gasteiger partial charge >= 0.3 is 0 Å². The van der Waals surface area contributed by atoms with Gasteiger partial charge in [-0.05, 0) is 12.8 Å². The third-order valence-electron chi connectivity index (χ3n) is 4.44. The zero-order valence-corrected chi connectivity index (χ0v) is 14.4. The summed E-state index contributed by atoms with van der Waals surface area (Å²) in [7, 11) is 0. The minimum Gasteiger partial charge on any atom is -0.394 e. The van der Waals surface area contributed by atoms with E-state index in [1.165, 1.54) is 57.8 Å². The summed E-state index contributed by atoms with van der Waals surface area (Å²) in [6.07, 6.45) is 16.1. The van der Waals surface area contributed by atoms with Crippen molar-refractivity contribution in [2.45, 2.75) is 95.4 Å². The van der Waals surface area contributed by atoms with Gasteiger partial charge in [0.2, 0.25) is 0 Å². The molecule has 0 aliphatic heterocycles. The monoisotopic (exact) mass is 319 g/mol. The van der Waals surface area contributed by atoms with Crippen molar-refractivity contribution >= 4 is 0 Å². The van der Waals surface area contributed by atoms with Crippen molar-refractivity contribution in [1.29, 1.82) is 0 Å². The molecular weight excluding hydrogens is 281 g/mol. The van der Waals surface area contributed by atoms with E-state index < -0.39 is 5.54 Å². The van der Waals surface area contributed by atoms with E-state index in [0.717, 1.165) is 25.7 Å². The fourth-order valence-electron chi connectivity index (χ4n) is 2.72. The molecule has 0 heterocycles. The molecule has 134 valence electrons. The minimum absolute atomic E-state index is 0.142. The number of hydrogen-bond donors (Lipinski definition) is 3. The maximum Gasteiger partial charge on any atom is 0.0894 e. The third kappa shape index (κ3) is 13.5. The molecule has 0 aliphatic rings. The van der Waals surface area contributed by atoms with Crippen LogP contribution in [0.25, 0.3) is 0 Å². The highest BCUT2D eigenvalue weighted by molar-refractivity contribution is 4.81. The van der Waals surface area contributed by atoms with Gasteiger partial charge in [0.15, 0.2) is 0 Å². The normalized spacial score (nSPS) is 12.0. The Bertz CT molecular complexity index is 223. The first-order valence-electron chi connectivity index (χ1n) is 9.25. The van der Waals surface area contributed by atoms with Gasteiger partial charge in [-0.1, -0.05) is 77.0 Å². The Morgan fingerprint density at radius 3 is 1.23 bits per heavy atom. The van der Waals surface area contributed by atoms with Crippen LogP contribution in [-0.2, 0) is 0 Å². The molecule has 0 fully saturated rings. The van der Waals surface area contributed by atoms with E-state index in [1.54, 1.807) is 0 Å². The molecule has 0 saturated carbocycles. The average molecular weight is 320 g/mol. The third-order valence-corrected chi connectivity index (χ3v) is 4.44. The van der Waals surface area contributed by atoms with Gasteiger partial charge in [-0.25, -0.2) is 0 Å². The van der Waals surface area contributed by atoms with Gasteiger partial charge in [0, 0.05) is 0 Å². The van der Waals surface area contributed by atoms with Gasteiger partial charge in [0.25, 0.3) is 0 Å². The highest BCUT2D eigenvalue weighted by atomic mass is 19.1. The molecule has 4 heteroatoms. The number of aliphatic hydroxyl groups is 2. The molecule has 0 aromatic heterocycles. The van der Waals surface area contributed by atoms with E-state index in [0.29, 0.717) is 6.42 Å². The van der Waals surface area contributed by atoms with Crippen molar-refractivity contribution in [1.82, 2.24) is 0 Å². The Kier molecular flexibility index (Phi) is 15.6. The lowest BCUT2D eigenvalue weighted by atomic mass is 9.94. The van der Waals surface area contributed by atoms with E-state index in [9.17, 15) is 4.39 Å². The van der Waals surface area contributed by atoms with Crippen molar-refractivity contribution in [3.63, 3.8) is 0 Å². The maximum absolute atomic E-state index is 11.9. The van der Waals surface area contributed by atoms with Crippen LogP contribution in [0.15, 0.2) is 0 Å². The van der Waals surface area contributed by atoms with E-state index in [-0.39, 0.29) is 19.9 Å². The molecule has 3 nitrogen and oxygen atoms in total. The van der Waals surface area contributed by atoms with Gasteiger partial charge < -0.3 is 15.9 Å². The summed E-state index contributed by atoms with van der Waals surface area (Å²) in [6, 6.07) is 0. The summed E-state index contributed by atoms with van der Waals surface area (Å²) in [5.74, 6) is 0. The summed E-state index contributed by atoms with van der Waals surface area (Å²) < 4.78 is 11.9. The van der Waals surface area contributed by atoms with E-state index in [1.807, 2.05) is 0 Å². The number of unbranched alkanes of at least 4 members (excludes halogenated alkanes) is 12. The Hall–Kier alpha value is -0.190. The Morgan fingerprint density at radius 1 is 0.591 bits per heavy atom. The molecule has 0 atom stereocenters. The van der Waals surface area contributed by atoms with E-state index in [4.69, 9.17) is 15.9 Å². The number of hydrogen-bond acceptors (Lipinski definition) is 3. The highest BCUT2D eigenvalue weighted by Crippen LogP contribution is 2.15. The van der Waals surface area contributed by atoms with E-state index >= 15 is 0 Å². The molecule has 0 unspecified atom stereocenters. The predicted molar refractivity (Wildman–Crippen MR) is 91.7 cm³/mol. The molecule has 0 aromatic carbocycles. The second-order valence-corrected chi connectivity index (χ2v) is 6.71. The minimum atomic E-state index is -0.787. The summed E-state index contributed by atoms with van der Waals surface area (Å²) in [5.41, 5.74) is 5.04. The summed E-state index contributed by atoms with van der Waals surface area (Å²) in [4.78, 5) is 0. The lowest BCUT2D eigenvalue weighted by molar-refractivity contribution is 0.112. The van der Waals surface area contributed by atoms with Gasteiger partial charge in [0.05, 0.1) is 25.4 Å². The molecule has 22 heavy (non-hydrogen) atoms. The summed E-state index contributed by atoms with van der Waals surface area (Å²) in [5, 5.41) is 18.2. The lowest BCUT2D eigenvalue weighted by Gasteiger charge is -2.24. The average Bonchev–Trinajstić information content (AvgIpc) is 2.55. The van der Waals surface area contributed by atoms with Crippen molar-refractivity contribution in [2.75, 3.05) is 19.9 Å². The topological polar surface area (TPSA) is 66.5 Å². The summed E-state index contributed by atoms with van der Waals surface area (Å²) >= 11 is 0. The SMILES string of the molecule is NC(CO)(CO)CCCCCCCCCCCCCCCF. The van der Waals surface area contributed by atoms with Gasteiger partial charge in [-0.3, -0.25) is 4.39 Å². The van der Waals surface area contributed by atoms with Crippen molar-refractivity contribution in [2.24, 2.45) is 5.73 Å². The molecule has 0 radical (unpaired) electrons. The molecule has 4 N–H and O–H groups in total. The van der Waals surface area contributed by atoms with Gasteiger partial charge in [-0.2, -0.15) is 0 Å². The van der Waals surface area contributed by atoms with Crippen LogP contribution < -0.4 is 5.73 Å². The standard InChI is InChI=1S/C18H38FNO2/c19-15-13-11-9-7-5-3-1-2-4-6-8-10-12-14-18(20,16-21)17-22/h21-22H,1-17,20H2. The number of alkyl halides is 1. The van der Waals surface area contributed by atoms with Crippen molar-refractivity contribution in [3.05, 3.63) is 0 Å². The van der Waals surface area contributed by atoms with Crippen LogP contribution in [0.3, 0.4) is 0 Å². The largest absolute Gasteiger partial charge is 0.394 e.